The molecule has 0 amide bonds. The minimum atomic E-state index is -2.13. The summed E-state index contributed by atoms with van der Waals surface area (Å²) in [6.07, 6.45) is 0.533. The molecule has 0 spiro atoms. The van der Waals surface area contributed by atoms with E-state index in [2.05, 4.69) is 5.32 Å². The van der Waals surface area contributed by atoms with E-state index < -0.39 is 40.7 Å². The van der Waals surface area contributed by atoms with Crippen molar-refractivity contribution in [2.24, 2.45) is 5.92 Å². The van der Waals surface area contributed by atoms with Crippen molar-refractivity contribution >= 4 is 0 Å². The average Bonchev–Trinajstić information content (AvgIpc) is 2.38. The Bertz CT molecular complexity index is 418. The first kappa shape index (κ1) is 14.9. The molecule has 0 saturated carbocycles. The quantitative estimate of drug-likeness (QED) is 0.498. The predicted molar refractivity (Wildman–Crippen MR) is 57.5 cm³/mol. The van der Waals surface area contributed by atoms with E-state index in [1.165, 1.54) is 7.05 Å². The fourth-order valence-electron chi connectivity index (χ4n) is 1.84. The first-order chi connectivity index (χ1) is 8.36. The predicted octanol–water partition coefficient (Wildman–Crippen LogP) is 3.69. The Morgan fingerprint density at radius 1 is 0.889 bits per heavy atom. The second-order valence-corrected chi connectivity index (χ2v) is 4.14. The molecule has 1 aromatic carbocycles. The maximum Gasteiger partial charge on any atom is 0.200 e. The van der Waals surface area contributed by atoms with Crippen molar-refractivity contribution in [3.63, 3.8) is 0 Å². The van der Waals surface area contributed by atoms with Crippen LogP contribution in [0, 0.1) is 35.0 Å². The monoisotopic (exact) mass is 267 g/mol. The number of hydrogen-bond donors (Lipinski definition) is 1. The van der Waals surface area contributed by atoms with Crippen LogP contribution in [0.4, 0.5) is 22.0 Å². The smallest absolute Gasteiger partial charge is 0.200 e. The molecule has 0 radical (unpaired) electrons. The normalized spacial score (nSPS) is 14.7. The summed E-state index contributed by atoms with van der Waals surface area (Å²) in [5.74, 6) is -9.77. The molecule has 1 aromatic rings. The third kappa shape index (κ3) is 2.34. The highest BCUT2D eigenvalue weighted by Gasteiger charge is 2.31. The zero-order chi connectivity index (χ0) is 14.0. The molecule has 0 bridgehead atoms. The van der Waals surface area contributed by atoms with Gasteiger partial charge in [-0.2, -0.15) is 0 Å². The maximum absolute atomic E-state index is 13.6. The van der Waals surface area contributed by atoms with Gasteiger partial charge >= 0.3 is 0 Å². The zero-order valence-corrected chi connectivity index (χ0v) is 10.3. The van der Waals surface area contributed by atoms with E-state index in [0.717, 1.165) is 0 Å². The van der Waals surface area contributed by atoms with Gasteiger partial charge in [-0.3, -0.25) is 0 Å². The molecule has 2 atom stereocenters. The first-order valence-corrected chi connectivity index (χ1v) is 5.55. The van der Waals surface area contributed by atoms with E-state index >= 15 is 0 Å². The number of rotatable bonds is 4. The van der Waals surface area contributed by atoms with E-state index in [9.17, 15) is 22.0 Å². The highest BCUT2D eigenvalue weighted by atomic mass is 19.2. The average molecular weight is 267 g/mol. The van der Waals surface area contributed by atoms with Gasteiger partial charge in [0, 0.05) is 11.6 Å². The van der Waals surface area contributed by atoms with Crippen LogP contribution in [0.1, 0.15) is 31.9 Å². The molecule has 1 nitrogen and oxygen atoms in total. The Hall–Kier alpha value is -1.17. The second-order valence-electron chi connectivity index (χ2n) is 4.14. The van der Waals surface area contributed by atoms with E-state index in [1.54, 1.807) is 13.8 Å². The van der Waals surface area contributed by atoms with Crippen molar-refractivity contribution in [1.29, 1.82) is 0 Å². The van der Waals surface area contributed by atoms with Crippen LogP contribution in [0.5, 0.6) is 0 Å². The van der Waals surface area contributed by atoms with Gasteiger partial charge in [-0.15, -0.1) is 0 Å². The largest absolute Gasteiger partial charge is 0.313 e. The van der Waals surface area contributed by atoms with Crippen molar-refractivity contribution in [1.82, 2.24) is 5.32 Å². The van der Waals surface area contributed by atoms with Crippen molar-refractivity contribution in [3.05, 3.63) is 34.6 Å². The summed E-state index contributed by atoms with van der Waals surface area (Å²) in [5, 5.41) is 2.59. The van der Waals surface area contributed by atoms with Crippen LogP contribution in [0.25, 0.3) is 0 Å². The minimum absolute atomic E-state index is 0.275. The van der Waals surface area contributed by atoms with Gasteiger partial charge in [-0.05, 0) is 13.0 Å². The minimum Gasteiger partial charge on any atom is -0.313 e. The molecule has 0 aromatic heterocycles. The van der Waals surface area contributed by atoms with Crippen LogP contribution < -0.4 is 5.32 Å². The van der Waals surface area contributed by atoms with Gasteiger partial charge in [0.05, 0.1) is 0 Å². The zero-order valence-electron chi connectivity index (χ0n) is 10.3. The fraction of sp³-hybridized carbons (Fsp3) is 0.500. The molecule has 2 unspecified atom stereocenters. The summed E-state index contributed by atoms with van der Waals surface area (Å²) < 4.78 is 66.2. The molecule has 0 aliphatic heterocycles. The Labute approximate surface area is 102 Å². The lowest BCUT2D eigenvalue weighted by Crippen LogP contribution is -2.27. The molecule has 102 valence electrons. The summed E-state index contributed by atoms with van der Waals surface area (Å²) >= 11 is 0. The van der Waals surface area contributed by atoms with E-state index in [-0.39, 0.29) is 5.92 Å². The van der Waals surface area contributed by atoms with Crippen LogP contribution in [0.3, 0.4) is 0 Å². The molecular formula is C12H14F5N. The molecule has 0 fully saturated rings. The molecule has 0 aliphatic rings. The molecule has 0 aliphatic carbocycles. The SMILES string of the molecule is CCC(C)C(NC)c1c(F)c(F)c(F)c(F)c1F. The van der Waals surface area contributed by atoms with Crippen LogP contribution in [0.2, 0.25) is 0 Å². The van der Waals surface area contributed by atoms with Crippen molar-refractivity contribution in [3.8, 4) is 0 Å². The summed E-state index contributed by atoms with van der Waals surface area (Å²) in [7, 11) is 1.41. The van der Waals surface area contributed by atoms with Gasteiger partial charge in [0.1, 0.15) is 0 Å². The van der Waals surface area contributed by atoms with Crippen LogP contribution in [0.15, 0.2) is 0 Å². The molecule has 0 heterocycles. The summed E-state index contributed by atoms with van der Waals surface area (Å²) in [6.45, 7) is 3.43. The van der Waals surface area contributed by atoms with Crippen molar-refractivity contribution < 1.29 is 22.0 Å². The second kappa shape index (κ2) is 5.65. The summed E-state index contributed by atoms with van der Waals surface area (Å²) in [4.78, 5) is 0. The van der Waals surface area contributed by atoms with Gasteiger partial charge in [0.25, 0.3) is 0 Å². The Kier molecular flexibility index (Phi) is 4.67. The lowest BCUT2D eigenvalue weighted by atomic mass is 9.91. The maximum atomic E-state index is 13.6. The van der Waals surface area contributed by atoms with E-state index in [1.807, 2.05) is 0 Å². The van der Waals surface area contributed by atoms with E-state index in [4.69, 9.17) is 0 Å². The van der Waals surface area contributed by atoms with Gasteiger partial charge in [-0.1, -0.05) is 20.3 Å². The third-order valence-electron chi connectivity index (χ3n) is 3.08. The fourth-order valence-corrected chi connectivity index (χ4v) is 1.84. The highest BCUT2D eigenvalue weighted by molar-refractivity contribution is 5.27. The van der Waals surface area contributed by atoms with Gasteiger partial charge in [0.2, 0.25) is 5.82 Å². The first-order valence-electron chi connectivity index (χ1n) is 5.55. The molecule has 18 heavy (non-hydrogen) atoms. The molecule has 1 N–H and O–H groups in total. The van der Waals surface area contributed by atoms with Gasteiger partial charge < -0.3 is 5.32 Å². The molecule has 6 heteroatoms. The Balaban J connectivity index is 3.48. The Morgan fingerprint density at radius 3 is 1.61 bits per heavy atom. The number of hydrogen-bond acceptors (Lipinski definition) is 1. The summed E-state index contributed by atoms with van der Waals surface area (Å²) in [5.41, 5.74) is -0.803. The van der Waals surface area contributed by atoms with Crippen molar-refractivity contribution in [2.45, 2.75) is 26.3 Å². The van der Waals surface area contributed by atoms with E-state index in [0.29, 0.717) is 6.42 Å². The van der Waals surface area contributed by atoms with Crippen molar-refractivity contribution in [2.75, 3.05) is 7.05 Å². The molecule has 0 saturated heterocycles. The third-order valence-corrected chi connectivity index (χ3v) is 3.08. The number of benzene rings is 1. The number of halogens is 5. The number of nitrogens with one attached hydrogen (secondary N) is 1. The van der Waals surface area contributed by atoms with Gasteiger partial charge in [0.15, 0.2) is 23.3 Å². The molecule has 1 rings (SSSR count). The lowest BCUT2D eigenvalue weighted by molar-refractivity contribution is 0.328. The van der Waals surface area contributed by atoms with Crippen LogP contribution >= 0.6 is 0 Å². The highest BCUT2D eigenvalue weighted by Crippen LogP contribution is 2.32. The van der Waals surface area contributed by atoms with Crippen LogP contribution in [-0.4, -0.2) is 7.05 Å². The Morgan fingerprint density at radius 2 is 1.28 bits per heavy atom. The topological polar surface area (TPSA) is 12.0 Å². The summed E-state index contributed by atoms with van der Waals surface area (Å²) in [6, 6.07) is -0.931. The van der Waals surface area contributed by atoms with Crippen LogP contribution in [-0.2, 0) is 0 Å². The lowest BCUT2D eigenvalue weighted by Gasteiger charge is -2.24. The standard InChI is InChI=1S/C12H14F5N/c1-4-5(2)12(18-3)6-7(13)9(15)11(17)10(16)8(6)14/h5,12,18H,4H2,1-3H3. The molecular weight excluding hydrogens is 253 g/mol. The van der Waals surface area contributed by atoms with Gasteiger partial charge in [-0.25, -0.2) is 22.0 Å².